The molecule has 0 aliphatic carbocycles. The monoisotopic (exact) mass is 253 g/mol. The van der Waals surface area contributed by atoms with E-state index >= 15 is 0 Å². The van der Waals surface area contributed by atoms with Gasteiger partial charge in [-0.25, -0.2) is 0 Å². The highest BCUT2D eigenvalue weighted by Crippen LogP contribution is 2.21. The van der Waals surface area contributed by atoms with E-state index in [-0.39, 0.29) is 13.3 Å². The standard InChI is InChI=1S/C13H19NO4/c1-10-4-6-12(7-5-10)13(8-15)14(9-17-3)18-11(2)16/h4-7,13,15H,8-9H2,1-3H3/t13-/m1/s1. The van der Waals surface area contributed by atoms with Crippen molar-refractivity contribution >= 4 is 5.97 Å². The number of hydroxylamine groups is 2. The van der Waals surface area contributed by atoms with Crippen LogP contribution in [0.4, 0.5) is 0 Å². The summed E-state index contributed by atoms with van der Waals surface area (Å²) in [6, 6.07) is 7.23. The fourth-order valence-electron chi connectivity index (χ4n) is 1.62. The average Bonchev–Trinajstić information content (AvgIpc) is 2.32. The lowest BCUT2D eigenvalue weighted by atomic mass is 10.1. The van der Waals surface area contributed by atoms with E-state index in [4.69, 9.17) is 9.57 Å². The minimum Gasteiger partial charge on any atom is -0.394 e. The van der Waals surface area contributed by atoms with Gasteiger partial charge in [0.25, 0.3) is 0 Å². The second-order valence-electron chi connectivity index (χ2n) is 4.03. The molecule has 0 unspecified atom stereocenters. The molecule has 0 radical (unpaired) electrons. The maximum atomic E-state index is 11.0. The number of ether oxygens (including phenoxy) is 1. The molecule has 0 aliphatic heterocycles. The van der Waals surface area contributed by atoms with Crippen LogP contribution in [-0.2, 0) is 14.4 Å². The molecule has 100 valence electrons. The lowest BCUT2D eigenvalue weighted by Crippen LogP contribution is -2.34. The Morgan fingerprint density at radius 1 is 1.39 bits per heavy atom. The van der Waals surface area contributed by atoms with Gasteiger partial charge in [0.2, 0.25) is 0 Å². The van der Waals surface area contributed by atoms with Crippen LogP contribution in [0, 0.1) is 6.92 Å². The van der Waals surface area contributed by atoms with Gasteiger partial charge < -0.3 is 14.7 Å². The first-order chi connectivity index (χ1) is 8.58. The first-order valence-corrected chi connectivity index (χ1v) is 5.70. The summed E-state index contributed by atoms with van der Waals surface area (Å²) in [5.41, 5.74) is 1.99. The molecular weight excluding hydrogens is 234 g/mol. The van der Waals surface area contributed by atoms with Crippen LogP contribution < -0.4 is 0 Å². The molecular formula is C13H19NO4. The Morgan fingerprint density at radius 2 is 2.00 bits per heavy atom. The summed E-state index contributed by atoms with van der Waals surface area (Å²) in [5.74, 6) is -0.447. The second-order valence-corrected chi connectivity index (χ2v) is 4.03. The van der Waals surface area contributed by atoms with Gasteiger partial charge in [0.15, 0.2) is 0 Å². The molecule has 1 rings (SSSR count). The van der Waals surface area contributed by atoms with E-state index in [9.17, 15) is 9.90 Å². The smallest absolute Gasteiger partial charge is 0.322 e. The van der Waals surface area contributed by atoms with Crippen LogP contribution in [-0.4, -0.2) is 36.6 Å². The number of hydrogen-bond acceptors (Lipinski definition) is 5. The van der Waals surface area contributed by atoms with Crippen molar-refractivity contribution in [3.63, 3.8) is 0 Å². The summed E-state index contributed by atoms with van der Waals surface area (Å²) in [6.07, 6.45) is 0. The molecule has 0 saturated heterocycles. The molecule has 0 bridgehead atoms. The van der Waals surface area contributed by atoms with Crippen molar-refractivity contribution in [2.45, 2.75) is 19.9 Å². The molecule has 5 heteroatoms. The summed E-state index contributed by atoms with van der Waals surface area (Å²) in [6.45, 7) is 3.22. The maximum absolute atomic E-state index is 11.0. The minimum absolute atomic E-state index is 0.0959. The van der Waals surface area contributed by atoms with Crippen LogP contribution in [0.2, 0.25) is 0 Å². The van der Waals surface area contributed by atoms with Crippen LogP contribution >= 0.6 is 0 Å². The molecule has 1 N–H and O–H groups in total. The summed E-state index contributed by atoms with van der Waals surface area (Å²) in [5, 5.41) is 10.8. The van der Waals surface area contributed by atoms with E-state index in [0.29, 0.717) is 0 Å². The third-order valence-electron chi connectivity index (χ3n) is 2.48. The zero-order valence-electron chi connectivity index (χ0n) is 10.9. The molecule has 1 atom stereocenters. The lowest BCUT2D eigenvalue weighted by Gasteiger charge is -2.27. The van der Waals surface area contributed by atoms with Crippen LogP contribution in [0.25, 0.3) is 0 Å². The van der Waals surface area contributed by atoms with Crippen LogP contribution in [0.5, 0.6) is 0 Å². The highest BCUT2D eigenvalue weighted by Gasteiger charge is 2.22. The Morgan fingerprint density at radius 3 is 2.44 bits per heavy atom. The molecule has 1 aromatic carbocycles. The van der Waals surface area contributed by atoms with Crippen molar-refractivity contribution in [1.82, 2.24) is 5.06 Å². The van der Waals surface area contributed by atoms with Gasteiger partial charge in [-0.15, -0.1) is 5.06 Å². The molecule has 0 saturated carbocycles. The van der Waals surface area contributed by atoms with E-state index in [2.05, 4.69) is 0 Å². The topological polar surface area (TPSA) is 59.0 Å². The number of aliphatic hydroxyl groups excluding tert-OH is 1. The fraction of sp³-hybridized carbons (Fsp3) is 0.462. The van der Waals surface area contributed by atoms with E-state index in [1.165, 1.54) is 19.1 Å². The molecule has 0 amide bonds. The largest absolute Gasteiger partial charge is 0.394 e. The molecule has 0 aliphatic rings. The number of benzene rings is 1. The first kappa shape index (κ1) is 14.6. The van der Waals surface area contributed by atoms with Gasteiger partial charge >= 0.3 is 5.97 Å². The molecule has 18 heavy (non-hydrogen) atoms. The Hall–Kier alpha value is -1.43. The lowest BCUT2D eigenvalue weighted by molar-refractivity contribution is -0.228. The average molecular weight is 253 g/mol. The molecule has 0 fully saturated rings. The van der Waals surface area contributed by atoms with Crippen molar-refractivity contribution in [2.75, 3.05) is 20.4 Å². The molecule has 5 nitrogen and oxygen atoms in total. The SMILES string of the molecule is COCN(OC(C)=O)[C@H](CO)c1ccc(C)cc1. The van der Waals surface area contributed by atoms with Gasteiger partial charge in [0, 0.05) is 14.0 Å². The van der Waals surface area contributed by atoms with Crippen LogP contribution in [0.15, 0.2) is 24.3 Å². The number of rotatable bonds is 6. The van der Waals surface area contributed by atoms with E-state index in [1.807, 2.05) is 31.2 Å². The quantitative estimate of drug-likeness (QED) is 0.613. The Kier molecular flexibility index (Phi) is 5.77. The van der Waals surface area contributed by atoms with Crippen LogP contribution in [0.1, 0.15) is 24.1 Å². The summed E-state index contributed by atoms with van der Waals surface area (Å²) >= 11 is 0. The van der Waals surface area contributed by atoms with Gasteiger partial charge in [-0.05, 0) is 12.5 Å². The van der Waals surface area contributed by atoms with Crippen molar-refractivity contribution < 1.29 is 19.5 Å². The van der Waals surface area contributed by atoms with E-state index in [0.717, 1.165) is 11.1 Å². The maximum Gasteiger partial charge on any atom is 0.322 e. The first-order valence-electron chi connectivity index (χ1n) is 5.70. The van der Waals surface area contributed by atoms with Gasteiger partial charge in [-0.3, -0.25) is 4.79 Å². The van der Waals surface area contributed by atoms with E-state index < -0.39 is 12.0 Å². The molecule has 0 spiro atoms. The van der Waals surface area contributed by atoms with Gasteiger partial charge in [0.05, 0.1) is 12.6 Å². The van der Waals surface area contributed by atoms with E-state index in [1.54, 1.807) is 0 Å². The van der Waals surface area contributed by atoms with Crippen molar-refractivity contribution in [3.8, 4) is 0 Å². The number of nitrogens with zero attached hydrogens (tertiary/aromatic N) is 1. The molecule has 0 aromatic heterocycles. The van der Waals surface area contributed by atoms with Crippen molar-refractivity contribution in [2.24, 2.45) is 0 Å². The predicted molar refractivity (Wildman–Crippen MR) is 66.5 cm³/mol. The third kappa shape index (κ3) is 4.10. The third-order valence-corrected chi connectivity index (χ3v) is 2.48. The number of aliphatic hydroxyl groups is 1. The Bertz CT molecular complexity index is 377. The molecule has 0 heterocycles. The summed E-state index contributed by atoms with van der Waals surface area (Å²) < 4.78 is 4.97. The fourth-order valence-corrected chi connectivity index (χ4v) is 1.62. The Balaban J connectivity index is 2.89. The minimum atomic E-state index is -0.447. The summed E-state index contributed by atoms with van der Waals surface area (Å²) in [4.78, 5) is 16.1. The number of carbonyl (C=O) groups excluding carboxylic acids is 1. The number of methoxy groups -OCH3 is 1. The van der Waals surface area contributed by atoms with Crippen LogP contribution in [0.3, 0.4) is 0 Å². The normalized spacial score (nSPS) is 12.5. The number of aryl methyl sites for hydroxylation is 1. The highest BCUT2D eigenvalue weighted by molar-refractivity contribution is 5.65. The zero-order chi connectivity index (χ0) is 13.5. The van der Waals surface area contributed by atoms with Gasteiger partial charge in [-0.2, -0.15) is 0 Å². The summed E-state index contributed by atoms with van der Waals surface area (Å²) in [7, 11) is 1.50. The predicted octanol–water partition coefficient (Wildman–Crippen LogP) is 1.41. The number of carbonyl (C=O) groups is 1. The zero-order valence-corrected chi connectivity index (χ0v) is 10.9. The second kappa shape index (κ2) is 7.10. The van der Waals surface area contributed by atoms with Crippen molar-refractivity contribution in [3.05, 3.63) is 35.4 Å². The van der Waals surface area contributed by atoms with Crippen molar-refractivity contribution in [1.29, 1.82) is 0 Å². The Labute approximate surface area is 107 Å². The number of hydrogen-bond donors (Lipinski definition) is 1. The molecule has 1 aromatic rings. The van der Waals surface area contributed by atoms with Gasteiger partial charge in [-0.1, -0.05) is 29.8 Å². The highest BCUT2D eigenvalue weighted by atomic mass is 16.7. The van der Waals surface area contributed by atoms with Gasteiger partial charge in [0.1, 0.15) is 6.73 Å².